The molecule has 3 heterocycles. The third kappa shape index (κ3) is 3.91. The summed E-state index contributed by atoms with van der Waals surface area (Å²) in [5, 5.41) is 16.0. The number of hydrogen-bond donors (Lipinski definition) is 2. The van der Waals surface area contributed by atoms with Crippen LogP contribution >= 0.6 is 11.3 Å². The molecule has 0 saturated carbocycles. The number of carbonyl (C=O) groups excluding carboxylic acids is 1. The van der Waals surface area contributed by atoms with Crippen molar-refractivity contribution in [1.29, 1.82) is 0 Å². The van der Waals surface area contributed by atoms with Gasteiger partial charge in [-0.05, 0) is 18.1 Å². The molecule has 24 heavy (non-hydrogen) atoms. The Balaban J connectivity index is 1.61. The zero-order valence-corrected chi connectivity index (χ0v) is 14.7. The summed E-state index contributed by atoms with van der Waals surface area (Å²) in [6, 6.07) is 5.67. The maximum Gasteiger partial charge on any atom is 0.223 e. The average Bonchev–Trinajstić information content (AvgIpc) is 3.15. The second-order valence-electron chi connectivity index (χ2n) is 6.50. The van der Waals surface area contributed by atoms with Crippen LogP contribution in [0.25, 0.3) is 11.4 Å². The quantitative estimate of drug-likeness (QED) is 0.786. The summed E-state index contributed by atoms with van der Waals surface area (Å²) in [4.78, 5) is 22.6. The zero-order valence-electron chi connectivity index (χ0n) is 13.8. The molecule has 1 amide bonds. The number of hydrogen-bond acceptors (Lipinski definition) is 6. The van der Waals surface area contributed by atoms with Gasteiger partial charge in [-0.25, -0.2) is 4.98 Å². The second-order valence-corrected chi connectivity index (χ2v) is 7.36. The molecule has 3 rings (SSSR count). The van der Waals surface area contributed by atoms with Gasteiger partial charge in [-0.1, -0.05) is 19.9 Å². The lowest BCUT2D eigenvalue weighted by atomic mass is 10.1. The summed E-state index contributed by atoms with van der Waals surface area (Å²) in [5.74, 6) is 0.430. The van der Waals surface area contributed by atoms with E-state index in [0.717, 1.165) is 17.9 Å². The zero-order chi connectivity index (χ0) is 17.1. The van der Waals surface area contributed by atoms with Gasteiger partial charge in [0, 0.05) is 37.0 Å². The second kappa shape index (κ2) is 7.27. The number of aliphatic hydroxyl groups is 1. The number of amides is 1. The molecule has 0 bridgehead atoms. The number of rotatable bonds is 6. The van der Waals surface area contributed by atoms with Gasteiger partial charge in [0.2, 0.25) is 5.91 Å². The largest absolute Gasteiger partial charge is 0.373 e. The van der Waals surface area contributed by atoms with E-state index in [-0.39, 0.29) is 11.8 Å². The molecule has 128 valence electrons. The van der Waals surface area contributed by atoms with Crippen LogP contribution in [0.3, 0.4) is 0 Å². The molecule has 1 fully saturated rings. The number of thiazole rings is 1. The van der Waals surface area contributed by atoms with Crippen LogP contribution in [0.15, 0.2) is 29.8 Å². The van der Waals surface area contributed by atoms with Crippen molar-refractivity contribution in [3.8, 4) is 11.4 Å². The number of aromatic nitrogens is 2. The van der Waals surface area contributed by atoms with E-state index in [4.69, 9.17) is 0 Å². The molecule has 2 unspecified atom stereocenters. The Hall–Kier alpha value is -1.99. The molecule has 2 aromatic heterocycles. The summed E-state index contributed by atoms with van der Waals surface area (Å²) < 4.78 is 0. The van der Waals surface area contributed by atoms with Crippen LogP contribution in [0.5, 0.6) is 0 Å². The highest BCUT2D eigenvalue weighted by Gasteiger charge is 2.34. The predicted molar refractivity (Wildman–Crippen MR) is 94.5 cm³/mol. The van der Waals surface area contributed by atoms with Crippen molar-refractivity contribution >= 4 is 22.4 Å². The number of aliphatic hydroxyl groups excluding tert-OH is 1. The average molecular weight is 346 g/mol. The molecule has 6 nitrogen and oxygen atoms in total. The standard InChI is InChI=1S/C17H22N4O2S/c1-11(2)8-21-9-12(7-15(21)22)16(23)20-17-19-14(10-24-17)13-5-3-4-6-18-13/h3-6,10-12,16,23H,7-9H2,1-2H3,(H,19,20). The summed E-state index contributed by atoms with van der Waals surface area (Å²) in [7, 11) is 0. The van der Waals surface area contributed by atoms with Crippen LogP contribution in [0, 0.1) is 11.8 Å². The summed E-state index contributed by atoms with van der Waals surface area (Å²) in [5.41, 5.74) is 1.58. The monoisotopic (exact) mass is 346 g/mol. The molecule has 0 aliphatic carbocycles. The highest BCUT2D eigenvalue weighted by Crippen LogP contribution is 2.27. The maximum absolute atomic E-state index is 12.0. The minimum absolute atomic E-state index is 0.113. The topological polar surface area (TPSA) is 78.3 Å². The number of anilines is 1. The molecule has 0 spiro atoms. The fourth-order valence-corrected chi connectivity index (χ4v) is 3.58. The van der Waals surface area contributed by atoms with Crippen molar-refractivity contribution in [2.24, 2.45) is 11.8 Å². The Kier molecular flexibility index (Phi) is 5.11. The Morgan fingerprint density at radius 3 is 2.96 bits per heavy atom. The van der Waals surface area contributed by atoms with E-state index in [1.54, 1.807) is 6.20 Å². The lowest BCUT2D eigenvalue weighted by Crippen LogP contribution is -2.33. The molecule has 1 aliphatic heterocycles. The normalized spacial score (nSPS) is 19.1. The van der Waals surface area contributed by atoms with Crippen LogP contribution < -0.4 is 5.32 Å². The van der Waals surface area contributed by atoms with E-state index >= 15 is 0 Å². The molecule has 1 aliphatic rings. The van der Waals surface area contributed by atoms with Crippen molar-refractivity contribution in [3.05, 3.63) is 29.8 Å². The van der Waals surface area contributed by atoms with Crippen LogP contribution in [0.4, 0.5) is 5.13 Å². The first kappa shape index (κ1) is 16.9. The smallest absolute Gasteiger partial charge is 0.223 e. The molecular formula is C17H22N4O2S. The van der Waals surface area contributed by atoms with Crippen molar-refractivity contribution in [2.75, 3.05) is 18.4 Å². The summed E-state index contributed by atoms with van der Waals surface area (Å²) in [6.45, 7) is 5.50. The molecule has 0 radical (unpaired) electrons. The van der Waals surface area contributed by atoms with Crippen molar-refractivity contribution in [1.82, 2.24) is 14.9 Å². The van der Waals surface area contributed by atoms with E-state index in [9.17, 15) is 9.90 Å². The molecule has 2 aromatic rings. The Morgan fingerprint density at radius 2 is 2.25 bits per heavy atom. The lowest BCUT2D eigenvalue weighted by molar-refractivity contribution is -0.128. The first-order valence-electron chi connectivity index (χ1n) is 8.12. The van der Waals surface area contributed by atoms with Gasteiger partial charge in [-0.3, -0.25) is 9.78 Å². The van der Waals surface area contributed by atoms with E-state index in [0.29, 0.717) is 24.0 Å². The van der Waals surface area contributed by atoms with Crippen molar-refractivity contribution < 1.29 is 9.90 Å². The minimum Gasteiger partial charge on any atom is -0.373 e. The summed E-state index contributed by atoms with van der Waals surface area (Å²) in [6.07, 6.45) is 1.32. The highest BCUT2D eigenvalue weighted by atomic mass is 32.1. The van der Waals surface area contributed by atoms with Gasteiger partial charge in [-0.15, -0.1) is 11.3 Å². The van der Waals surface area contributed by atoms with Crippen LogP contribution in [-0.4, -0.2) is 45.2 Å². The van der Waals surface area contributed by atoms with Crippen LogP contribution in [-0.2, 0) is 4.79 Å². The fraction of sp³-hybridized carbons (Fsp3) is 0.471. The van der Waals surface area contributed by atoms with E-state index < -0.39 is 6.23 Å². The Labute approximate surface area is 145 Å². The first-order chi connectivity index (χ1) is 11.5. The van der Waals surface area contributed by atoms with Gasteiger partial charge in [0.15, 0.2) is 5.13 Å². The van der Waals surface area contributed by atoms with E-state index in [1.807, 2.05) is 28.5 Å². The van der Waals surface area contributed by atoms with Gasteiger partial charge >= 0.3 is 0 Å². The SMILES string of the molecule is CC(C)CN1CC(C(O)Nc2nc(-c3ccccn3)cs2)CC1=O. The number of likely N-dealkylation sites (tertiary alicyclic amines) is 1. The van der Waals surface area contributed by atoms with Gasteiger partial charge in [0.05, 0.1) is 5.69 Å². The number of nitrogens with one attached hydrogen (secondary N) is 1. The predicted octanol–water partition coefficient (Wildman–Crippen LogP) is 2.44. The minimum atomic E-state index is -0.783. The van der Waals surface area contributed by atoms with Crippen molar-refractivity contribution in [3.63, 3.8) is 0 Å². The first-order valence-corrected chi connectivity index (χ1v) is 9.00. The Morgan fingerprint density at radius 1 is 1.42 bits per heavy atom. The maximum atomic E-state index is 12.0. The molecule has 2 N–H and O–H groups in total. The fourth-order valence-electron chi connectivity index (χ4n) is 2.85. The van der Waals surface area contributed by atoms with Gasteiger partial charge in [-0.2, -0.15) is 0 Å². The molecule has 2 atom stereocenters. The summed E-state index contributed by atoms with van der Waals surface area (Å²) >= 11 is 1.42. The number of nitrogens with zero attached hydrogens (tertiary/aromatic N) is 3. The van der Waals surface area contributed by atoms with E-state index in [2.05, 4.69) is 29.1 Å². The molecule has 1 saturated heterocycles. The van der Waals surface area contributed by atoms with Crippen molar-refractivity contribution in [2.45, 2.75) is 26.5 Å². The number of pyridine rings is 1. The third-order valence-electron chi connectivity index (χ3n) is 3.98. The molecule has 7 heteroatoms. The van der Waals surface area contributed by atoms with E-state index in [1.165, 1.54) is 11.3 Å². The van der Waals surface area contributed by atoms with Gasteiger partial charge in [0.1, 0.15) is 11.9 Å². The molecular weight excluding hydrogens is 324 g/mol. The highest BCUT2D eigenvalue weighted by molar-refractivity contribution is 7.14. The van der Waals surface area contributed by atoms with Gasteiger partial charge < -0.3 is 15.3 Å². The van der Waals surface area contributed by atoms with Crippen LogP contribution in [0.2, 0.25) is 0 Å². The number of carbonyl (C=O) groups is 1. The lowest BCUT2D eigenvalue weighted by Gasteiger charge is -2.21. The third-order valence-corrected chi connectivity index (χ3v) is 4.75. The Bertz CT molecular complexity index is 689. The molecule has 0 aromatic carbocycles. The van der Waals surface area contributed by atoms with Crippen LogP contribution in [0.1, 0.15) is 20.3 Å². The van der Waals surface area contributed by atoms with Gasteiger partial charge in [0.25, 0.3) is 0 Å².